The molecule has 0 amide bonds. The van der Waals surface area contributed by atoms with Gasteiger partial charge in [0, 0.05) is 30.8 Å². The molecule has 1 aromatic carbocycles. The first-order valence-electron chi connectivity index (χ1n) is 7.39. The van der Waals surface area contributed by atoms with Crippen LogP contribution in [0.15, 0.2) is 30.3 Å². The third-order valence-corrected chi connectivity index (χ3v) is 4.24. The molecule has 2 atom stereocenters. The molecule has 0 bridgehead atoms. The van der Waals surface area contributed by atoms with Crippen molar-refractivity contribution in [2.45, 2.75) is 44.9 Å². The van der Waals surface area contributed by atoms with Crippen LogP contribution in [0.4, 0.5) is 0 Å². The van der Waals surface area contributed by atoms with Crippen LogP contribution in [0.25, 0.3) is 10.9 Å². The smallest absolute Gasteiger partial charge is 0.0724 e. The highest BCUT2D eigenvalue weighted by Crippen LogP contribution is 2.23. The average molecular weight is 270 g/mol. The van der Waals surface area contributed by atoms with E-state index in [0.29, 0.717) is 12.1 Å². The minimum atomic E-state index is 0.365. The standard InChI is InChI=1S/C17H22N2O/c1-12-10-13(14-6-3-4-7-15(14)19-12)11-18-16-8-5-9-17(16)20-2/h3-4,6-7,10,16-18H,5,8-9,11H2,1-2H3. The van der Waals surface area contributed by atoms with Gasteiger partial charge in [0.2, 0.25) is 0 Å². The highest BCUT2D eigenvalue weighted by Gasteiger charge is 2.26. The van der Waals surface area contributed by atoms with E-state index >= 15 is 0 Å². The monoisotopic (exact) mass is 270 g/mol. The minimum Gasteiger partial charge on any atom is -0.380 e. The van der Waals surface area contributed by atoms with Gasteiger partial charge in [-0.3, -0.25) is 4.98 Å². The van der Waals surface area contributed by atoms with Crippen molar-refractivity contribution in [2.24, 2.45) is 0 Å². The summed E-state index contributed by atoms with van der Waals surface area (Å²) in [6.45, 7) is 2.94. The maximum atomic E-state index is 5.55. The lowest BCUT2D eigenvalue weighted by atomic mass is 10.1. The minimum absolute atomic E-state index is 0.365. The molecule has 1 saturated carbocycles. The molecule has 1 N–H and O–H groups in total. The van der Waals surface area contributed by atoms with Crippen LogP contribution in [0, 0.1) is 6.92 Å². The number of hydrogen-bond donors (Lipinski definition) is 1. The van der Waals surface area contributed by atoms with Gasteiger partial charge in [-0.2, -0.15) is 0 Å². The summed E-state index contributed by atoms with van der Waals surface area (Å²) >= 11 is 0. The van der Waals surface area contributed by atoms with Crippen LogP contribution in [-0.2, 0) is 11.3 Å². The van der Waals surface area contributed by atoms with Crippen LogP contribution >= 0.6 is 0 Å². The van der Waals surface area contributed by atoms with Crippen LogP contribution in [0.5, 0.6) is 0 Å². The molecule has 2 unspecified atom stereocenters. The van der Waals surface area contributed by atoms with Crippen LogP contribution in [0.3, 0.4) is 0 Å². The first-order chi connectivity index (χ1) is 9.78. The van der Waals surface area contributed by atoms with E-state index in [-0.39, 0.29) is 0 Å². The largest absolute Gasteiger partial charge is 0.380 e. The fourth-order valence-corrected chi connectivity index (χ4v) is 3.22. The molecule has 1 aromatic heterocycles. The Morgan fingerprint density at radius 1 is 1.30 bits per heavy atom. The van der Waals surface area contributed by atoms with Gasteiger partial charge in [-0.05, 0) is 43.9 Å². The van der Waals surface area contributed by atoms with E-state index in [4.69, 9.17) is 4.74 Å². The number of ether oxygens (including phenoxy) is 1. The fourth-order valence-electron chi connectivity index (χ4n) is 3.22. The summed E-state index contributed by atoms with van der Waals surface area (Å²) in [5, 5.41) is 4.91. The second-order valence-electron chi connectivity index (χ2n) is 5.63. The predicted molar refractivity (Wildman–Crippen MR) is 81.8 cm³/mol. The fraction of sp³-hybridized carbons (Fsp3) is 0.471. The molecule has 0 radical (unpaired) electrons. The number of benzene rings is 1. The van der Waals surface area contributed by atoms with Gasteiger partial charge in [-0.15, -0.1) is 0 Å². The zero-order chi connectivity index (χ0) is 13.9. The zero-order valence-corrected chi connectivity index (χ0v) is 12.2. The van der Waals surface area contributed by atoms with E-state index in [9.17, 15) is 0 Å². The lowest BCUT2D eigenvalue weighted by molar-refractivity contribution is 0.0847. The Labute approximate surface area is 120 Å². The number of nitrogens with one attached hydrogen (secondary N) is 1. The number of aromatic nitrogens is 1. The Balaban J connectivity index is 1.80. The van der Waals surface area contributed by atoms with Crippen molar-refractivity contribution in [2.75, 3.05) is 7.11 Å². The molecule has 0 spiro atoms. The quantitative estimate of drug-likeness (QED) is 0.926. The first-order valence-corrected chi connectivity index (χ1v) is 7.39. The number of pyridine rings is 1. The molecule has 20 heavy (non-hydrogen) atoms. The van der Waals surface area contributed by atoms with Gasteiger partial charge in [0.15, 0.2) is 0 Å². The van der Waals surface area contributed by atoms with Crippen molar-refractivity contribution in [3.8, 4) is 0 Å². The normalized spacial score (nSPS) is 22.5. The number of nitrogens with zero attached hydrogens (tertiary/aromatic N) is 1. The van der Waals surface area contributed by atoms with Crippen molar-refractivity contribution in [1.29, 1.82) is 0 Å². The molecular formula is C17H22N2O. The number of para-hydroxylation sites is 1. The third kappa shape index (κ3) is 2.69. The van der Waals surface area contributed by atoms with Crippen LogP contribution in [-0.4, -0.2) is 24.2 Å². The summed E-state index contributed by atoms with van der Waals surface area (Å²) in [5.41, 5.74) is 3.49. The van der Waals surface area contributed by atoms with Crippen molar-refractivity contribution < 1.29 is 4.74 Å². The molecule has 3 heteroatoms. The van der Waals surface area contributed by atoms with Gasteiger partial charge in [-0.1, -0.05) is 18.2 Å². The summed E-state index contributed by atoms with van der Waals surface area (Å²) in [6.07, 6.45) is 4.00. The Hall–Kier alpha value is -1.45. The van der Waals surface area contributed by atoms with Gasteiger partial charge in [0.1, 0.15) is 0 Å². The van der Waals surface area contributed by atoms with Gasteiger partial charge in [-0.25, -0.2) is 0 Å². The topological polar surface area (TPSA) is 34.1 Å². The Kier molecular flexibility index (Phi) is 3.99. The van der Waals surface area contributed by atoms with E-state index in [0.717, 1.165) is 17.8 Å². The summed E-state index contributed by atoms with van der Waals surface area (Å²) in [5.74, 6) is 0. The van der Waals surface area contributed by atoms with Crippen molar-refractivity contribution in [3.63, 3.8) is 0 Å². The summed E-state index contributed by atoms with van der Waals surface area (Å²) < 4.78 is 5.55. The third-order valence-electron chi connectivity index (χ3n) is 4.24. The summed E-state index contributed by atoms with van der Waals surface area (Å²) in [6, 6.07) is 11.0. The highest BCUT2D eigenvalue weighted by atomic mass is 16.5. The van der Waals surface area contributed by atoms with E-state index < -0.39 is 0 Å². The van der Waals surface area contributed by atoms with E-state index in [2.05, 4.69) is 41.5 Å². The maximum absolute atomic E-state index is 5.55. The molecule has 3 nitrogen and oxygen atoms in total. The summed E-state index contributed by atoms with van der Waals surface area (Å²) in [7, 11) is 1.82. The van der Waals surface area contributed by atoms with E-state index in [1.165, 1.54) is 30.2 Å². The van der Waals surface area contributed by atoms with Gasteiger partial charge < -0.3 is 10.1 Å². The highest BCUT2D eigenvalue weighted by molar-refractivity contribution is 5.82. The zero-order valence-electron chi connectivity index (χ0n) is 12.2. The Bertz CT molecular complexity index is 597. The second kappa shape index (κ2) is 5.90. The molecule has 0 saturated heterocycles. The Morgan fingerprint density at radius 2 is 2.15 bits per heavy atom. The van der Waals surface area contributed by atoms with Gasteiger partial charge >= 0.3 is 0 Å². The van der Waals surface area contributed by atoms with E-state index in [1.807, 2.05) is 13.2 Å². The maximum Gasteiger partial charge on any atom is 0.0724 e. The van der Waals surface area contributed by atoms with Crippen LogP contribution < -0.4 is 5.32 Å². The number of fused-ring (bicyclic) bond motifs is 1. The van der Waals surface area contributed by atoms with E-state index in [1.54, 1.807) is 0 Å². The number of rotatable bonds is 4. The Morgan fingerprint density at radius 3 is 3.00 bits per heavy atom. The lowest BCUT2D eigenvalue weighted by Crippen LogP contribution is -2.36. The predicted octanol–water partition coefficient (Wildman–Crippen LogP) is 3.20. The number of methoxy groups -OCH3 is 1. The molecule has 3 rings (SSSR count). The molecule has 1 heterocycles. The molecular weight excluding hydrogens is 248 g/mol. The molecule has 1 aliphatic rings. The molecule has 106 valence electrons. The average Bonchev–Trinajstić information content (AvgIpc) is 2.92. The summed E-state index contributed by atoms with van der Waals surface area (Å²) in [4.78, 5) is 4.59. The van der Waals surface area contributed by atoms with Gasteiger partial charge in [0.05, 0.1) is 11.6 Å². The number of aryl methyl sites for hydroxylation is 1. The van der Waals surface area contributed by atoms with Crippen LogP contribution in [0.2, 0.25) is 0 Å². The lowest BCUT2D eigenvalue weighted by Gasteiger charge is -2.20. The molecule has 1 aliphatic carbocycles. The van der Waals surface area contributed by atoms with Crippen LogP contribution in [0.1, 0.15) is 30.5 Å². The van der Waals surface area contributed by atoms with Gasteiger partial charge in [0.25, 0.3) is 0 Å². The number of hydrogen-bond acceptors (Lipinski definition) is 3. The van der Waals surface area contributed by atoms with Crippen molar-refractivity contribution >= 4 is 10.9 Å². The van der Waals surface area contributed by atoms with Crippen molar-refractivity contribution in [3.05, 3.63) is 41.6 Å². The SMILES string of the molecule is COC1CCCC1NCc1cc(C)nc2ccccc12. The first kappa shape index (κ1) is 13.5. The molecule has 1 fully saturated rings. The molecule has 2 aromatic rings. The van der Waals surface area contributed by atoms with Crippen molar-refractivity contribution in [1.82, 2.24) is 10.3 Å². The second-order valence-corrected chi connectivity index (χ2v) is 5.63. The molecule has 0 aliphatic heterocycles.